The van der Waals surface area contributed by atoms with E-state index < -0.39 is 0 Å². The van der Waals surface area contributed by atoms with Crippen LogP contribution in [-0.4, -0.2) is 6.54 Å². The van der Waals surface area contributed by atoms with Crippen LogP contribution in [0.2, 0.25) is 0 Å². The van der Waals surface area contributed by atoms with Crippen molar-refractivity contribution in [2.45, 2.75) is 168 Å². The summed E-state index contributed by atoms with van der Waals surface area (Å²) in [7, 11) is 0. The monoisotopic (exact) mass is 890 g/mol. The molecule has 1 unspecified atom stereocenters. The molecule has 1 aromatic heterocycles. The van der Waals surface area contributed by atoms with E-state index in [1.54, 1.807) is 5.57 Å². The van der Waals surface area contributed by atoms with Gasteiger partial charge in [0.2, 0.25) is 5.52 Å². The van der Waals surface area contributed by atoms with Crippen LogP contribution in [0, 0.1) is 5.92 Å². The van der Waals surface area contributed by atoms with Crippen molar-refractivity contribution in [3.8, 4) is 22.3 Å². The Kier molecular flexibility index (Phi) is 19.1. The van der Waals surface area contributed by atoms with Gasteiger partial charge in [-0.05, 0) is 114 Å². The summed E-state index contributed by atoms with van der Waals surface area (Å²) in [4.78, 5) is 4.04. The third-order valence-corrected chi connectivity index (χ3v) is 15.7. The van der Waals surface area contributed by atoms with E-state index in [1.165, 1.54) is 193 Å². The van der Waals surface area contributed by atoms with E-state index in [0.29, 0.717) is 5.92 Å². The van der Waals surface area contributed by atoms with Crippen LogP contribution in [0.3, 0.4) is 0 Å². The van der Waals surface area contributed by atoms with Crippen LogP contribution in [0.25, 0.3) is 38.5 Å². The van der Waals surface area contributed by atoms with Crippen molar-refractivity contribution in [3.63, 3.8) is 0 Å². The van der Waals surface area contributed by atoms with E-state index in [-0.39, 0.29) is 0 Å². The first-order valence-corrected chi connectivity index (χ1v) is 27.3. The Hall–Kier alpha value is -4.12. The summed E-state index contributed by atoms with van der Waals surface area (Å²) in [5, 5.41) is 2.82. The molecule has 2 heterocycles. The number of aromatic nitrogens is 1. The maximum Gasteiger partial charge on any atom is 0.263 e. The summed E-state index contributed by atoms with van der Waals surface area (Å²) < 4.78 is 4.04. The Morgan fingerprint density at radius 2 is 1.19 bits per heavy atom. The molecule has 1 atom stereocenters. The van der Waals surface area contributed by atoms with Crippen molar-refractivity contribution in [2.24, 2.45) is 5.92 Å². The van der Waals surface area contributed by atoms with Gasteiger partial charge in [0.25, 0.3) is 5.01 Å². The van der Waals surface area contributed by atoms with Crippen molar-refractivity contribution in [1.82, 2.24) is 0 Å². The minimum Gasteiger partial charge on any atom is -0.335 e. The largest absolute Gasteiger partial charge is 0.335 e. The number of nitrogens with zero attached hydrogens (tertiary/aromatic N) is 2. The van der Waals surface area contributed by atoms with Gasteiger partial charge in [0.15, 0.2) is 6.54 Å². The van der Waals surface area contributed by atoms with Crippen LogP contribution in [0.5, 0.6) is 0 Å². The molecule has 0 spiro atoms. The van der Waals surface area contributed by atoms with Gasteiger partial charge < -0.3 is 4.90 Å². The van der Waals surface area contributed by atoms with E-state index in [4.69, 9.17) is 0 Å². The molecule has 0 fully saturated rings. The highest BCUT2D eigenvalue weighted by molar-refractivity contribution is 8.03. The van der Waals surface area contributed by atoms with Crippen molar-refractivity contribution in [2.75, 3.05) is 11.4 Å². The third-order valence-electron chi connectivity index (χ3n) is 13.5. The Morgan fingerprint density at radius 1 is 0.594 bits per heavy atom. The zero-order valence-corrected chi connectivity index (χ0v) is 41.5. The lowest BCUT2D eigenvalue weighted by Gasteiger charge is -2.29. The highest BCUT2D eigenvalue weighted by atomic mass is 32.2. The summed E-state index contributed by atoms with van der Waals surface area (Å²) in [6.07, 6.45) is 36.7. The zero-order chi connectivity index (χ0) is 44.4. The minimum absolute atomic E-state index is 0.671. The maximum atomic E-state index is 2.65. The van der Waals surface area contributed by atoms with Gasteiger partial charge in [-0.2, -0.15) is 4.57 Å². The maximum absolute atomic E-state index is 2.65. The summed E-state index contributed by atoms with van der Waals surface area (Å²) in [5.41, 5.74) is 12.5. The number of benzene rings is 4. The summed E-state index contributed by atoms with van der Waals surface area (Å²) in [5.74, 6) is 0.671. The van der Waals surface area contributed by atoms with Crippen LogP contribution >= 0.6 is 23.1 Å². The molecule has 64 heavy (non-hydrogen) atoms. The molecule has 4 aromatic carbocycles. The quantitative estimate of drug-likeness (QED) is 0.0505. The first-order valence-electron chi connectivity index (χ1n) is 25.7. The molecule has 0 amide bonds. The molecule has 338 valence electrons. The Labute approximate surface area is 396 Å². The molecular formula is C60H77N2S2+. The van der Waals surface area contributed by atoms with Gasteiger partial charge >= 0.3 is 0 Å². The second-order valence-electron chi connectivity index (χ2n) is 18.2. The summed E-state index contributed by atoms with van der Waals surface area (Å²) in [6.45, 7) is 10.8. The molecule has 2 nitrogen and oxygen atoms in total. The highest BCUT2D eigenvalue weighted by Gasteiger charge is 2.28. The second kappa shape index (κ2) is 25.5. The zero-order valence-electron chi connectivity index (χ0n) is 39.9. The van der Waals surface area contributed by atoms with Crippen LogP contribution in [0.1, 0.15) is 161 Å². The molecule has 2 aliphatic carbocycles. The van der Waals surface area contributed by atoms with Gasteiger partial charge in [-0.1, -0.05) is 213 Å². The van der Waals surface area contributed by atoms with Crippen molar-refractivity contribution in [1.29, 1.82) is 0 Å². The molecule has 4 heteroatoms. The number of hydrogen-bond acceptors (Lipinski definition) is 3. The van der Waals surface area contributed by atoms with Crippen LogP contribution in [0.15, 0.2) is 142 Å². The minimum atomic E-state index is 0.671. The molecule has 0 saturated carbocycles. The lowest BCUT2D eigenvalue weighted by molar-refractivity contribution is -0.669. The Bertz CT molecular complexity index is 2330. The third kappa shape index (κ3) is 13.0. The summed E-state index contributed by atoms with van der Waals surface area (Å²) in [6, 6.07) is 36.1. The number of hydrogen-bond donors (Lipinski definition) is 0. The number of anilines is 1. The smallest absolute Gasteiger partial charge is 0.263 e. The Morgan fingerprint density at radius 3 is 1.86 bits per heavy atom. The average molecular weight is 890 g/mol. The average Bonchev–Trinajstić information content (AvgIpc) is 3.86. The van der Waals surface area contributed by atoms with E-state index in [2.05, 4.69) is 145 Å². The predicted molar refractivity (Wildman–Crippen MR) is 283 cm³/mol. The summed E-state index contributed by atoms with van der Waals surface area (Å²) >= 11 is 3.97. The molecule has 0 bridgehead atoms. The van der Waals surface area contributed by atoms with Crippen LogP contribution in [0.4, 0.5) is 5.69 Å². The number of fused-ring (bicyclic) bond motifs is 3. The van der Waals surface area contributed by atoms with Crippen molar-refractivity contribution >= 4 is 45.1 Å². The molecule has 0 radical (unpaired) electrons. The number of aryl methyl sites for hydroxylation is 1. The van der Waals surface area contributed by atoms with E-state index in [0.717, 1.165) is 13.1 Å². The Balaban J connectivity index is 0.00000302. The fraction of sp³-hybridized carbons (Fsp3) is 0.450. The highest BCUT2D eigenvalue weighted by Crippen LogP contribution is 2.49. The number of unbranched alkanes of at least 4 members (excludes halogenated alkanes) is 14. The SMILES string of the molecule is CC.CCCCCCCCCCN1/C(=C/C2=CC3=C/C(=C/c4sc5cc(-c6ccccc6)ccc5[n+]4CCCCCCCCCC)CCC3CC2)Sc2cc(-c3ccccc3)ccc21. The van der Waals surface area contributed by atoms with Crippen molar-refractivity contribution in [3.05, 3.63) is 142 Å². The van der Waals surface area contributed by atoms with E-state index >= 15 is 0 Å². The molecule has 8 rings (SSSR count). The lowest BCUT2D eigenvalue weighted by Crippen LogP contribution is -2.35. The van der Waals surface area contributed by atoms with Gasteiger partial charge in [0, 0.05) is 30.0 Å². The molecule has 5 aromatic rings. The topological polar surface area (TPSA) is 7.12 Å². The van der Waals surface area contributed by atoms with Gasteiger partial charge in [0.1, 0.15) is 4.70 Å². The molecule has 1 aliphatic heterocycles. The first-order chi connectivity index (χ1) is 31.7. The molecular weight excluding hydrogens is 813 g/mol. The van der Waals surface area contributed by atoms with Gasteiger partial charge in [0.05, 0.1) is 10.7 Å². The molecule has 3 aliphatic rings. The van der Waals surface area contributed by atoms with Crippen LogP contribution < -0.4 is 9.47 Å². The number of thioether (sulfide) groups is 1. The normalized spacial score (nSPS) is 17.0. The number of thiazole rings is 1. The van der Waals surface area contributed by atoms with Crippen LogP contribution in [-0.2, 0) is 6.54 Å². The lowest BCUT2D eigenvalue weighted by atomic mass is 9.77. The number of rotatable bonds is 22. The molecule has 0 N–H and O–H groups in total. The van der Waals surface area contributed by atoms with Gasteiger partial charge in [-0.15, -0.1) is 0 Å². The predicted octanol–water partition coefficient (Wildman–Crippen LogP) is 18.7. The molecule has 0 saturated heterocycles. The van der Waals surface area contributed by atoms with E-state index in [9.17, 15) is 0 Å². The number of allylic oxidation sites excluding steroid dienone is 6. The standard InChI is InChI=1S/C58H71N2S2.C2H6/c1-3-5-7-9-11-13-15-23-37-59-53-35-33-50(47-25-19-17-20-26-47)43-55(53)61-57(59)41-45-29-31-49-32-30-46(40-52(49)39-45)42-58-60(38-24-16-14-12-10-8-6-4-2)54-36-34-51(44-56(54)62-58)48-27-21-18-22-28-48;1-2/h17-22,25-28,33-36,39-44,49H,3-16,23-24,29-32,37-38H2,1-2H3;1-2H3/q+1;. The second-order valence-corrected chi connectivity index (χ2v) is 20.4. The fourth-order valence-corrected chi connectivity index (χ4v) is 12.3. The van der Waals surface area contributed by atoms with E-state index in [1.807, 2.05) is 36.9 Å². The first kappa shape index (κ1) is 47.8. The van der Waals surface area contributed by atoms with Gasteiger partial charge in [-0.25, -0.2) is 0 Å². The van der Waals surface area contributed by atoms with Crippen molar-refractivity contribution < 1.29 is 4.57 Å². The fourth-order valence-electron chi connectivity index (χ4n) is 9.87. The van der Waals surface area contributed by atoms with Gasteiger partial charge in [-0.3, -0.25) is 0 Å².